The highest BCUT2D eigenvalue weighted by Gasteiger charge is 2.30. The third-order valence-corrected chi connectivity index (χ3v) is 8.58. The average Bonchev–Trinajstić information content (AvgIpc) is 3.56. The molecule has 0 atom stereocenters. The van der Waals surface area contributed by atoms with Gasteiger partial charge in [-0.1, -0.05) is 109 Å². The second kappa shape index (κ2) is 11.5. The van der Waals surface area contributed by atoms with Gasteiger partial charge in [0.25, 0.3) is 0 Å². The summed E-state index contributed by atoms with van der Waals surface area (Å²) in [4.78, 5) is 4.61. The number of hydrogen-bond donors (Lipinski definition) is 0. The Bertz CT molecular complexity index is 2320. The lowest BCUT2D eigenvalue weighted by atomic mass is 9.95. The second-order valence-electron chi connectivity index (χ2n) is 11.6. The first-order valence-corrected chi connectivity index (χ1v) is 15.3. The van der Waals surface area contributed by atoms with E-state index in [-0.39, 0.29) is 0 Å². The smallest absolute Gasteiger partial charge is 0.416 e. The zero-order valence-electron chi connectivity index (χ0n) is 25.0. The highest BCUT2D eigenvalue weighted by Crippen LogP contribution is 2.34. The van der Waals surface area contributed by atoms with Crippen LogP contribution in [0.4, 0.5) is 13.2 Å². The van der Waals surface area contributed by atoms with Crippen LogP contribution in [0.1, 0.15) is 5.56 Å². The van der Waals surface area contributed by atoms with Gasteiger partial charge in [0.1, 0.15) is 5.52 Å². The summed E-state index contributed by atoms with van der Waals surface area (Å²) in [5.41, 5.74) is 10.2. The van der Waals surface area contributed by atoms with Crippen LogP contribution in [0.15, 0.2) is 162 Å². The van der Waals surface area contributed by atoms with Crippen molar-refractivity contribution in [3.63, 3.8) is 0 Å². The minimum atomic E-state index is -4.34. The van der Waals surface area contributed by atoms with Crippen molar-refractivity contribution in [2.24, 2.45) is 0 Å². The van der Waals surface area contributed by atoms with Crippen LogP contribution in [0.5, 0.6) is 0 Å². The maximum atomic E-state index is 12.9. The molecule has 1 aromatic heterocycles. The van der Waals surface area contributed by atoms with Crippen LogP contribution in [0.25, 0.3) is 77.8 Å². The predicted octanol–water partition coefficient (Wildman–Crippen LogP) is 12.3. The number of oxazole rings is 1. The van der Waals surface area contributed by atoms with Gasteiger partial charge in [0.15, 0.2) is 5.58 Å². The van der Waals surface area contributed by atoms with Crippen molar-refractivity contribution in [2.75, 3.05) is 0 Å². The zero-order valence-corrected chi connectivity index (χ0v) is 25.0. The number of nitrogens with zero attached hydrogens (tertiary/aromatic N) is 1. The third kappa shape index (κ3) is 5.68. The van der Waals surface area contributed by atoms with Crippen molar-refractivity contribution in [3.8, 4) is 56.0 Å². The Morgan fingerprint density at radius 2 is 0.787 bits per heavy atom. The van der Waals surface area contributed by atoms with E-state index in [1.165, 1.54) is 17.5 Å². The quantitative estimate of drug-likeness (QED) is 0.192. The number of para-hydroxylation sites is 2. The molecule has 0 N–H and O–H groups in total. The lowest BCUT2D eigenvalue weighted by Crippen LogP contribution is -2.03. The van der Waals surface area contributed by atoms with Crippen LogP contribution in [-0.4, -0.2) is 4.98 Å². The molecule has 0 fully saturated rings. The van der Waals surface area contributed by atoms with E-state index in [0.29, 0.717) is 5.89 Å². The number of aromatic nitrogens is 1. The Hall–Kier alpha value is -5.94. The molecule has 7 aromatic carbocycles. The summed E-state index contributed by atoms with van der Waals surface area (Å²) >= 11 is 0. The van der Waals surface area contributed by atoms with Crippen LogP contribution in [0, 0.1) is 0 Å². The van der Waals surface area contributed by atoms with Gasteiger partial charge < -0.3 is 4.42 Å². The van der Waals surface area contributed by atoms with E-state index in [1.54, 1.807) is 0 Å². The molecule has 8 rings (SSSR count). The summed E-state index contributed by atoms with van der Waals surface area (Å²) in [6.45, 7) is 0. The van der Waals surface area contributed by atoms with Crippen LogP contribution in [0.2, 0.25) is 0 Å². The predicted molar refractivity (Wildman–Crippen MR) is 184 cm³/mol. The van der Waals surface area contributed by atoms with Crippen molar-refractivity contribution in [3.05, 3.63) is 163 Å². The molecule has 0 aliphatic rings. The van der Waals surface area contributed by atoms with Crippen molar-refractivity contribution < 1.29 is 17.6 Å². The van der Waals surface area contributed by atoms with Gasteiger partial charge >= 0.3 is 6.18 Å². The molecule has 0 aliphatic heterocycles. The molecule has 0 bridgehead atoms. The highest BCUT2D eigenvalue weighted by atomic mass is 19.4. The molecule has 1 heterocycles. The summed E-state index contributed by atoms with van der Waals surface area (Å²) in [6.07, 6.45) is -4.34. The molecule has 0 saturated heterocycles. The Balaban J connectivity index is 0.979. The molecule has 0 aliphatic carbocycles. The van der Waals surface area contributed by atoms with E-state index in [0.717, 1.165) is 78.7 Å². The molecular formula is C42H26F3NO. The van der Waals surface area contributed by atoms with Gasteiger partial charge in [0, 0.05) is 5.56 Å². The largest absolute Gasteiger partial charge is 0.436 e. The number of benzene rings is 7. The molecule has 0 amide bonds. The lowest BCUT2D eigenvalue weighted by molar-refractivity contribution is -0.137. The van der Waals surface area contributed by atoms with Gasteiger partial charge in [0.2, 0.25) is 5.89 Å². The minimum absolute atomic E-state index is 0.617. The average molecular weight is 618 g/mol. The number of fused-ring (bicyclic) bond motifs is 2. The summed E-state index contributed by atoms with van der Waals surface area (Å²) in [5, 5.41) is 2.33. The number of rotatable bonds is 5. The number of halogens is 3. The minimum Gasteiger partial charge on any atom is -0.436 e. The van der Waals surface area contributed by atoms with E-state index in [2.05, 4.69) is 77.8 Å². The first kappa shape index (κ1) is 28.5. The molecule has 0 saturated carbocycles. The monoisotopic (exact) mass is 617 g/mol. The molecule has 226 valence electrons. The normalized spacial score (nSPS) is 11.7. The van der Waals surface area contributed by atoms with Crippen molar-refractivity contribution in [1.82, 2.24) is 4.98 Å². The molecule has 2 nitrogen and oxygen atoms in total. The van der Waals surface area contributed by atoms with Gasteiger partial charge in [-0.05, 0) is 104 Å². The summed E-state index contributed by atoms with van der Waals surface area (Å²) in [7, 11) is 0. The van der Waals surface area contributed by atoms with Crippen LogP contribution < -0.4 is 0 Å². The van der Waals surface area contributed by atoms with Crippen molar-refractivity contribution in [2.45, 2.75) is 6.18 Å². The second-order valence-corrected chi connectivity index (χ2v) is 11.6. The fourth-order valence-corrected chi connectivity index (χ4v) is 5.97. The van der Waals surface area contributed by atoms with Crippen molar-refractivity contribution in [1.29, 1.82) is 0 Å². The molecule has 5 heteroatoms. The van der Waals surface area contributed by atoms with Crippen molar-refractivity contribution >= 4 is 21.9 Å². The van der Waals surface area contributed by atoms with Crippen LogP contribution in [-0.2, 0) is 6.18 Å². The Morgan fingerprint density at radius 1 is 0.404 bits per heavy atom. The zero-order chi connectivity index (χ0) is 32.0. The van der Waals surface area contributed by atoms with Gasteiger partial charge in [-0.3, -0.25) is 0 Å². The lowest BCUT2D eigenvalue weighted by Gasteiger charge is -2.10. The molecule has 0 unspecified atom stereocenters. The Morgan fingerprint density at radius 3 is 1.23 bits per heavy atom. The summed E-state index contributed by atoms with van der Waals surface area (Å²) in [5.74, 6) is 0.617. The van der Waals surface area contributed by atoms with Gasteiger partial charge in [-0.25, -0.2) is 4.98 Å². The SMILES string of the molecule is FC(F)(F)c1ccc(-c2ccc(-c3ccc(-c4ccc5cc(-c6ccc(-c7nc8ccccc8o7)cc6)ccc5c4)cc3)cc2)cc1. The molecule has 0 spiro atoms. The number of alkyl halides is 3. The Kier molecular flexibility index (Phi) is 6.95. The Labute approximate surface area is 269 Å². The first-order valence-electron chi connectivity index (χ1n) is 15.3. The molecule has 0 radical (unpaired) electrons. The fourth-order valence-electron chi connectivity index (χ4n) is 5.97. The van der Waals surface area contributed by atoms with Crippen LogP contribution >= 0.6 is 0 Å². The first-order chi connectivity index (χ1) is 22.9. The topological polar surface area (TPSA) is 26.0 Å². The van der Waals surface area contributed by atoms with E-state index in [4.69, 9.17) is 4.42 Å². The molecular weight excluding hydrogens is 591 g/mol. The van der Waals surface area contributed by atoms with E-state index in [9.17, 15) is 13.2 Å². The van der Waals surface area contributed by atoms with Gasteiger partial charge in [0.05, 0.1) is 5.56 Å². The van der Waals surface area contributed by atoms with E-state index in [1.807, 2.05) is 60.7 Å². The molecule has 47 heavy (non-hydrogen) atoms. The maximum Gasteiger partial charge on any atom is 0.416 e. The third-order valence-electron chi connectivity index (χ3n) is 8.58. The standard InChI is InChI=1S/C42H26F3NO/c43-42(44,45)38-23-21-30(22-24-38)29-7-5-27(6-8-29)28-9-11-31(12-10-28)34-17-19-37-26-35(18-20-36(37)25-34)32-13-15-33(16-14-32)41-46-39-3-1-2-4-40(39)47-41/h1-26H. The maximum absolute atomic E-state index is 12.9. The summed E-state index contributed by atoms with van der Waals surface area (Å²) < 4.78 is 44.7. The van der Waals surface area contributed by atoms with Crippen LogP contribution in [0.3, 0.4) is 0 Å². The van der Waals surface area contributed by atoms with E-state index < -0.39 is 11.7 Å². The highest BCUT2D eigenvalue weighted by molar-refractivity contribution is 5.91. The summed E-state index contributed by atoms with van der Waals surface area (Å²) in [6, 6.07) is 50.7. The molecule has 8 aromatic rings. The van der Waals surface area contributed by atoms with Gasteiger partial charge in [-0.2, -0.15) is 13.2 Å². The van der Waals surface area contributed by atoms with Gasteiger partial charge in [-0.15, -0.1) is 0 Å². The van der Waals surface area contributed by atoms with E-state index >= 15 is 0 Å². The fraction of sp³-hybridized carbons (Fsp3) is 0.0238. The number of hydrogen-bond acceptors (Lipinski definition) is 2.